The average molecular weight is 128 g/mol. The van der Waals surface area contributed by atoms with Crippen LogP contribution in [0.4, 0.5) is 0 Å². The van der Waals surface area contributed by atoms with E-state index in [4.69, 9.17) is 4.74 Å². The summed E-state index contributed by atoms with van der Waals surface area (Å²) in [5.74, 6) is 0.771. The fraction of sp³-hybridized carbons (Fsp3) is 1.00. The lowest BCUT2D eigenvalue weighted by Crippen LogP contribution is -2.15. The van der Waals surface area contributed by atoms with Gasteiger partial charge >= 0.3 is 0 Å². The molecule has 1 heterocycles. The molecule has 0 spiro atoms. The van der Waals surface area contributed by atoms with Gasteiger partial charge in [0.05, 0.1) is 6.10 Å². The molecule has 0 unspecified atom stereocenters. The Morgan fingerprint density at radius 2 is 2.44 bits per heavy atom. The molecule has 0 bridgehead atoms. The van der Waals surface area contributed by atoms with Gasteiger partial charge in [-0.05, 0) is 18.8 Å². The lowest BCUT2D eigenvalue weighted by Gasteiger charge is -2.15. The monoisotopic (exact) mass is 128 g/mol. The smallest absolute Gasteiger partial charge is 0.0601 e. The van der Waals surface area contributed by atoms with Crippen molar-refractivity contribution in [2.75, 3.05) is 6.61 Å². The molecular weight excluding hydrogens is 112 g/mol. The Kier molecular flexibility index (Phi) is 2.52. The minimum Gasteiger partial charge on any atom is -0.378 e. The number of hydrogen-bond donors (Lipinski definition) is 0. The maximum Gasteiger partial charge on any atom is 0.0601 e. The van der Waals surface area contributed by atoms with Gasteiger partial charge in [0.15, 0.2) is 0 Å². The van der Waals surface area contributed by atoms with Gasteiger partial charge in [0.25, 0.3) is 0 Å². The first kappa shape index (κ1) is 7.07. The van der Waals surface area contributed by atoms with E-state index in [1.807, 2.05) is 0 Å². The minimum absolute atomic E-state index is 0.579. The van der Waals surface area contributed by atoms with Crippen LogP contribution >= 0.6 is 0 Å². The molecule has 1 aliphatic rings. The summed E-state index contributed by atoms with van der Waals surface area (Å²) in [6.07, 6.45) is 4.39. The van der Waals surface area contributed by atoms with Crippen LogP contribution in [-0.2, 0) is 4.74 Å². The van der Waals surface area contributed by atoms with Gasteiger partial charge in [-0.1, -0.05) is 20.3 Å². The molecule has 1 aliphatic heterocycles. The van der Waals surface area contributed by atoms with E-state index in [1.165, 1.54) is 19.3 Å². The van der Waals surface area contributed by atoms with Crippen molar-refractivity contribution in [3.8, 4) is 0 Å². The molecule has 0 amide bonds. The Balaban J connectivity index is 2.24. The van der Waals surface area contributed by atoms with E-state index in [2.05, 4.69) is 13.8 Å². The highest BCUT2D eigenvalue weighted by molar-refractivity contribution is 4.69. The van der Waals surface area contributed by atoms with E-state index >= 15 is 0 Å². The molecule has 1 rings (SSSR count). The zero-order valence-corrected chi connectivity index (χ0v) is 6.39. The molecule has 2 atom stereocenters. The predicted molar refractivity (Wildman–Crippen MR) is 38.4 cm³/mol. The molecule has 0 saturated carbocycles. The summed E-state index contributed by atoms with van der Waals surface area (Å²) in [4.78, 5) is 0. The van der Waals surface area contributed by atoms with Crippen LogP contribution < -0.4 is 0 Å². The van der Waals surface area contributed by atoms with Gasteiger partial charge in [-0.15, -0.1) is 0 Å². The van der Waals surface area contributed by atoms with Gasteiger partial charge in [-0.25, -0.2) is 0 Å². The summed E-state index contributed by atoms with van der Waals surface area (Å²) in [7, 11) is 0. The molecule has 0 aromatic carbocycles. The average Bonchev–Trinajstić information content (AvgIpc) is 2.37. The summed E-state index contributed by atoms with van der Waals surface area (Å²) >= 11 is 0. The molecule has 54 valence electrons. The maximum atomic E-state index is 5.51. The van der Waals surface area contributed by atoms with E-state index in [0.29, 0.717) is 6.10 Å². The van der Waals surface area contributed by atoms with Crippen LogP contribution in [0.25, 0.3) is 0 Å². The van der Waals surface area contributed by atoms with Crippen LogP contribution in [0.1, 0.15) is 33.1 Å². The van der Waals surface area contributed by atoms with Gasteiger partial charge in [-0.2, -0.15) is 0 Å². The summed E-state index contributed by atoms with van der Waals surface area (Å²) < 4.78 is 5.51. The van der Waals surface area contributed by atoms with Crippen molar-refractivity contribution in [1.29, 1.82) is 0 Å². The highest BCUT2D eigenvalue weighted by atomic mass is 16.5. The molecule has 1 nitrogen and oxygen atoms in total. The first-order valence-electron chi connectivity index (χ1n) is 3.96. The lowest BCUT2D eigenvalue weighted by molar-refractivity contribution is 0.0681. The third kappa shape index (κ3) is 1.68. The normalized spacial score (nSPS) is 30.7. The standard InChI is InChI=1S/C8H16O/c1-3-7(2)8-5-4-6-9-8/h7-8H,3-6H2,1-2H3/t7-,8+/m0/s1. The number of hydrogen-bond acceptors (Lipinski definition) is 1. The summed E-state index contributed by atoms with van der Waals surface area (Å²) in [5.41, 5.74) is 0. The zero-order valence-electron chi connectivity index (χ0n) is 6.39. The molecule has 0 aliphatic carbocycles. The molecule has 1 saturated heterocycles. The topological polar surface area (TPSA) is 9.23 Å². The SMILES string of the molecule is CC[C@H](C)[C@H]1CCCO1. The minimum atomic E-state index is 0.579. The van der Waals surface area contributed by atoms with E-state index in [1.54, 1.807) is 0 Å². The second-order valence-corrected chi connectivity index (χ2v) is 2.94. The molecule has 0 aromatic heterocycles. The largest absolute Gasteiger partial charge is 0.378 e. The van der Waals surface area contributed by atoms with Crippen molar-refractivity contribution in [3.63, 3.8) is 0 Å². The third-order valence-corrected chi connectivity index (χ3v) is 2.24. The molecule has 9 heavy (non-hydrogen) atoms. The van der Waals surface area contributed by atoms with Crippen LogP contribution in [0.2, 0.25) is 0 Å². The molecule has 0 N–H and O–H groups in total. The van der Waals surface area contributed by atoms with Crippen LogP contribution in [0.5, 0.6) is 0 Å². The number of rotatable bonds is 2. The second kappa shape index (κ2) is 3.21. The van der Waals surface area contributed by atoms with Crippen LogP contribution in [0, 0.1) is 5.92 Å². The van der Waals surface area contributed by atoms with Gasteiger partial charge < -0.3 is 4.74 Å². The van der Waals surface area contributed by atoms with E-state index in [9.17, 15) is 0 Å². The van der Waals surface area contributed by atoms with Gasteiger partial charge in [0.1, 0.15) is 0 Å². The maximum absolute atomic E-state index is 5.51. The second-order valence-electron chi connectivity index (χ2n) is 2.94. The third-order valence-electron chi connectivity index (χ3n) is 2.24. The van der Waals surface area contributed by atoms with Crippen LogP contribution in [0.15, 0.2) is 0 Å². The molecule has 0 radical (unpaired) electrons. The first-order chi connectivity index (χ1) is 4.34. The van der Waals surface area contributed by atoms with Crippen molar-refractivity contribution in [3.05, 3.63) is 0 Å². The van der Waals surface area contributed by atoms with E-state index in [0.717, 1.165) is 12.5 Å². The summed E-state index contributed by atoms with van der Waals surface area (Å²) in [6, 6.07) is 0. The highest BCUT2D eigenvalue weighted by Gasteiger charge is 2.20. The predicted octanol–water partition coefficient (Wildman–Crippen LogP) is 2.21. The molecule has 1 heteroatoms. The van der Waals surface area contributed by atoms with E-state index < -0.39 is 0 Å². The zero-order chi connectivity index (χ0) is 6.69. The lowest BCUT2D eigenvalue weighted by atomic mass is 10.00. The number of ether oxygens (including phenoxy) is 1. The van der Waals surface area contributed by atoms with Crippen LogP contribution in [-0.4, -0.2) is 12.7 Å². The van der Waals surface area contributed by atoms with Crippen molar-refractivity contribution in [2.24, 2.45) is 5.92 Å². The Morgan fingerprint density at radius 3 is 2.89 bits per heavy atom. The molecular formula is C8H16O. The van der Waals surface area contributed by atoms with Gasteiger partial charge in [0, 0.05) is 6.61 Å². The van der Waals surface area contributed by atoms with Gasteiger partial charge in [0.2, 0.25) is 0 Å². The highest BCUT2D eigenvalue weighted by Crippen LogP contribution is 2.21. The van der Waals surface area contributed by atoms with E-state index in [-0.39, 0.29) is 0 Å². The van der Waals surface area contributed by atoms with Gasteiger partial charge in [-0.3, -0.25) is 0 Å². The van der Waals surface area contributed by atoms with Crippen molar-refractivity contribution >= 4 is 0 Å². The summed E-state index contributed by atoms with van der Waals surface area (Å²) in [6.45, 7) is 5.50. The Hall–Kier alpha value is -0.0400. The molecule has 1 fully saturated rings. The van der Waals surface area contributed by atoms with Crippen molar-refractivity contribution in [1.82, 2.24) is 0 Å². The first-order valence-corrected chi connectivity index (χ1v) is 3.96. The quantitative estimate of drug-likeness (QED) is 0.554. The Bertz CT molecular complexity index is 74.6. The Morgan fingerprint density at radius 1 is 1.67 bits per heavy atom. The summed E-state index contributed by atoms with van der Waals surface area (Å²) in [5, 5.41) is 0. The molecule has 0 aromatic rings. The van der Waals surface area contributed by atoms with Crippen molar-refractivity contribution < 1.29 is 4.74 Å². The van der Waals surface area contributed by atoms with Crippen molar-refractivity contribution in [2.45, 2.75) is 39.2 Å². The fourth-order valence-electron chi connectivity index (χ4n) is 1.31. The Labute approximate surface area is 57.4 Å². The van der Waals surface area contributed by atoms with Crippen LogP contribution in [0.3, 0.4) is 0 Å². The fourth-order valence-corrected chi connectivity index (χ4v) is 1.31.